The van der Waals surface area contributed by atoms with Gasteiger partial charge in [-0.1, -0.05) is 0 Å². The van der Waals surface area contributed by atoms with E-state index in [0.717, 1.165) is 30.1 Å². The summed E-state index contributed by atoms with van der Waals surface area (Å²) in [7, 11) is 0. The van der Waals surface area contributed by atoms with Gasteiger partial charge in [-0.2, -0.15) is 0 Å². The van der Waals surface area contributed by atoms with Gasteiger partial charge < -0.3 is 5.73 Å². The maximum Gasteiger partial charge on any atom is 0.271 e. The van der Waals surface area contributed by atoms with Crippen LogP contribution in [0.3, 0.4) is 0 Å². The molecular formula is C20H15F3N4O2S. The van der Waals surface area contributed by atoms with Crippen LogP contribution in [0.2, 0.25) is 0 Å². The first-order valence-corrected chi connectivity index (χ1v) is 10.1. The molecule has 3 N–H and O–H groups in total. The molecule has 1 aliphatic carbocycles. The molecule has 3 aromatic heterocycles. The molecule has 0 spiro atoms. The fourth-order valence-corrected chi connectivity index (χ4v) is 5.01. The molecule has 6 nitrogen and oxygen atoms in total. The summed E-state index contributed by atoms with van der Waals surface area (Å²) in [5.41, 5.74) is 4.65. The van der Waals surface area contributed by atoms with Gasteiger partial charge in [-0.05, 0) is 49.0 Å². The Hall–Kier alpha value is -2.98. The van der Waals surface area contributed by atoms with Crippen LogP contribution < -0.4 is 16.7 Å². The third-order valence-corrected chi connectivity index (χ3v) is 6.43. The molecular weight excluding hydrogens is 417 g/mol. The molecule has 5 rings (SSSR count). The molecule has 4 aromatic rings. The van der Waals surface area contributed by atoms with E-state index in [-0.39, 0.29) is 44.6 Å². The number of H-pyrrole nitrogens is 1. The van der Waals surface area contributed by atoms with Crippen LogP contribution in [0.1, 0.15) is 30.9 Å². The number of nitrogens with two attached hydrogens (primary N) is 1. The topological polar surface area (TPSA) is 93.8 Å². The van der Waals surface area contributed by atoms with E-state index in [2.05, 4.69) is 9.36 Å². The first-order valence-electron chi connectivity index (χ1n) is 9.32. The Morgan fingerprint density at radius 1 is 1.13 bits per heavy atom. The Morgan fingerprint density at radius 3 is 2.63 bits per heavy atom. The molecule has 0 bridgehead atoms. The standard InChI is InChI=1S/C20H15F3N4O2S/c21-9-2-4-14(12(22)6-9)27-18-11(17(28)15-19(29)26-30-20(15)27)7-13(23)16(25-18)8-1-3-10(24)5-8/h2,4,6-8,10H,1,3,5,24H2,(H,26,29). The number of nitrogens with one attached hydrogen (secondary N) is 1. The van der Waals surface area contributed by atoms with Gasteiger partial charge in [-0.3, -0.25) is 18.5 Å². The quantitative estimate of drug-likeness (QED) is 0.508. The zero-order chi connectivity index (χ0) is 21.2. The van der Waals surface area contributed by atoms with E-state index in [0.29, 0.717) is 18.9 Å². The predicted molar refractivity (Wildman–Crippen MR) is 108 cm³/mol. The van der Waals surface area contributed by atoms with Crippen molar-refractivity contribution < 1.29 is 13.2 Å². The third-order valence-electron chi connectivity index (χ3n) is 5.56. The fourth-order valence-electron chi connectivity index (χ4n) is 4.15. The monoisotopic (exact) mass is 432 g/mol. The minimum Gasteiger partial charge on any atom is -0.328 e. The summed E-state index contributed by atoms with van der Waals surface area (Å²) in [5.74, 6) is -2.58. The van der Waals surface area contributed by atoms with E-state index in [1.165, 1.54) is 10.6 Å². The van der Waals surface area contributed by atoms with Crippen molar-refractivity contribution in [3.63, 3.8) is 0 Å². The lowest BCUT2D eigenvalue weighted by Gasteiger charge is -2.16. The average molecular weight is 432 g/mol. The molecule has 3 heterocycles. The zero-order valence-corrected chi connectivity index (χ0v) is 16.2. The molecule has 1 fully saturated rings. The Balaban J connectivity index is 1.93. The van der Waals surface area contributed by atoms with E-state index in [4.69, 9.17) is 5.73 Å². The maximum atomic E-state index is 14.9. The molecule has 30 heavy (non-hydrogen) atoms. The first kappa shape index (κ1) is 19.0. The number of hydrogen-bond acceptors (Lipinski definition) is 5. The number of fused-ring (bicyclic) bond motifs is 2. The maximum absolute atomic E-state index is 14.9. The molecule has 10 heteroatoms. The van der Waals surface area contributed by atoms with Crippen LogP contribution in [0.4, 0.5) is 13.2 Å². The summed E-state index contributed by atoms with van der Waals surface area (Å²) in [6.45, 7) is 0. The van der Waals surface area contributed by atoms with Gasteiger partial charge in [0.1, 0.15) is 33.3 Å². The minimum absolute atomic E-state index is 0.00475. The fraction of sp³-hybridized carbons (Fsp3) is 0.250. The molecule has 1 saturated carbocycles. The Kier molecular flexibility index (Phi) is 4.30. The van der Waals surface area contributed by atoms with E-state index in [1.807, 2.05) is 0 Å². The largest absolute Gasteiger partial charge is 0.328 e. The molecule has 0 amide bonds. The summed E-state index contributed by atoms with van der Waals surface area (Å²) in [6.07, 6.45) is 1.91. The molecule has 0 saturated heterocycles. The van der Waals surface area contributed by atoms with Crippen molar-refractivity contribution in [1.82, 2.24) is 13.9 Å². The van der Waals surface area contributed by atoms with Crippen LogP contribution in [0.25, 0.3) is 26.9 Å². The highest BCUT2D eigenvalue weighted by Gasteiger charge is 2.29. The lowest BCUT2D eigenvalue weighted by atomic mass is 10.0. The molecule has 0 radical (unpaired) electrons. The summed E-state index contributed by atoms with van der Waals surface area (Å²) in [4.78, 5) is 29.7. The van der Waals surface area contributed by atoms with Gasteiger partial charge in [0.15, 0.2) is 0 Å². The number of benzene rings is 1. The van der Waals surface area contributed by atoms with Gasteiger partial charge in [-0.15, -0.1) is 0 Å². The highest BCUT2D eigenvalue weighted by Crippen LogP contribution is 2.35. The number of nitrogens with zero attached hydrogens (tertiary/aromatic N) is 2. The van der Waals surface area contributed by atoms with Crippen LogP contribution in [0, 0.1) is 17.5 Å². The number of pyridine rings is 2. The molecule has 154 valence electrons. The summed E-state index contributed by atoms with van der Waals surface area (Å²) in [5, 5.41) is -0.383. The van der Waals surface area contributed by atoms with Gasteiger partial charge in [0.05, 0.1) is 16.8 Å². The van der Waals surface area contributed by atoms with Crippen LogP contribution in [-0.2, 0) is 0 Å². The van der Waals surface area contributed by atoms with Gasteiger partial charge >= 0.3 is 0 Å². The molecule has 1 aromatic carbocycles. The van der Waals surface area contributed by atoms with Gasteiger partial charge in [0.25, 0.3) is 5.56 Å². The number of aromatic amines is 1. The lowest BCUT2D eigenvalue weighted by Crippen LogP contribution is -2.18. The normalized spacial score (nSPS) is 19.2. The molecule has 1 aliphatic rings. The van der Waals surface area contributed by atoms with E-state index in [1.54, 1.807) is 0 Å². The average Bonchev–Trinajstić information content (AvgIpc) is 3.29. The van der Waals surface area contributed by atoms with Crippen LogP contribution in [0.5, 0.6) is 0 Å². The summed E-state index contributed by atoms with van der Waals surface area (Å²) < 4.78 is 46.8. The number of aromatic nitrogens is 3. The lowest BCUT2D eigenvalue weighted by molar-refractivity contribution is 0.562. The third kappa shape index (κ3) is 2.78. The zero-order valence-electron chi connectivity index (χ0n) is 15.4. The van der Waals surface area contributed by atoms with Crippen molar-refractivity contribution in [2.45, 2.75) is 31.2 Å². The number of hydrogen-bond donors (Lipinski definition) is 2. The van der Waals surface area contributed by atoms with Crippen LogP contribution in [0.15, 0.2) is 33.9 Å². The highest BCUT2D eigenvalue weighted by atomic mass is 32.1. The molecule has 2 atom stereocenters. The first-order chi connectivity index (χ1) is 14.3. The van der Waals surface area contributed by atoms with Crippen molar-refractivity contribution in [1.29, 1.82) is 0 Å². The Morgan fingerprint density at radius 2 is 1.93 bits per heavy atom. The molecule has 2 unspecified atom stereocenters. The van der Waals surface area contributed by atoms with Gasteiger partial charge in [0, 0.05) is 18.0 Å². The van der Waals surface area contributed by atoms with E-state index in [9.17, 15) is 22.8 Å². The predicted octanol–water partition coefficient (Wildman–Crippen LogP) is 3.30. The van der Waals surface area contributed by atoms with Crippen molar-refractivity contribution in [3.8, 4) is 5.69 Å². The SMILES string of the molecule is NC1CCC(c2nc3c(cc2F)c(=O)c2c(=O)[nH]sc2n3-c2ccc(F)cc2F)C1. The van der Waals surface area contributed by atoms with Crippen LogP contribution in [-0.4, -0.2) is 20.0 Å². The second-order valence-corrected chi connectivity index (χ2v) is 8.27. The van der Waals surface area contributed by atoms with E-state index < -0.39 is 28.4 Å². The summed E-state index contributed by atoms with van der Waals surface area (Å²) >= 11 is 0.831. The second-order valence-electron chi connectivity index (χ2n) is 7.47. The van der Waals surface area contributed by atoms with Gasteiger partial charge in [-0.25, -0.2) is 18.2 Å². The molecule has 0 aliphatic heterocycles. The van der Waals surface area contributed by atoms with Crippen molar-refractivity contribution >= 4 is 32.8 Å². The van der Waals surface area contributed by atoms with Crippen molar-refractivity contribution in [2.75, 3.05) is 0 Å². The minimum atomic E-state index is -0.905. The van der Waals surface area contributed by atoms with Crippen LogP contribution >= 0.6 is 11.5 Å². The smallest absolute Gasteiger partial charge is 0.271 e. The Bertz CT molecular complexity index is 1440. The second kappa shape index (κ2) is 6.78. The summed E-state index contributed by atoms with van der Waals surface area (Å²) in [6, 6.07) is 3.92. The Labute approximate surface area is 170 Å². The van der Waals surface area contributed by atoms with Crippen molar-refractivity contribution in [3.05, 3.63) is 68.0 Å². The van der Waals surface area contributed by atoms with Crippen molar-refractivity contribution in [2.24, 2.45) is 5.73 Å². The number of halogens is 3. The van der Waals surface area contributed by atoms with Gasteiger partial charge in [0.2, 0.25) is 5.43 Å². The highest BCUT2D eigenvalue weighted by molar-refractivity contribution is 7.12. The van der Waals surface area contributed by atoms with E-state index >= 15 is 0 Å². The number of rotatable bonds is 2.